The van der Waals surface area contributed by atoms with Gasteiger partial charge in [0.05, 0.1) is 51.3 Å². The van der Waals surface area contributed by atoms with Crippen molar-refractivity contribution in [2.24, 2.45) is 5.73 Å². The highest BCUT2D eigenvalue weighted by Crippen LogP contribution is 2.40. The van der Waals surface area contributed by atoms with Crippen LogP contribution < -0.4 is 24.7 Å². The Morgan fingerprint density at radius 3 is 2.38 bits per heavy atom. The number of halogens is 1. The number of aromatic nitrogens is 1. The van der Waals surface area contributed by atoms with Gasteiger partial charge in [-0.2, -0.15) is 0 Å². The van der Waals surface area contributed by atoms with E-state index in [1.165, 1.54) is 33.5 Å². The van der Waals surface area contributed by atoms with Crippen molar-refractivity contribution in [1.82, 2.24) is 9.88 Å². The molecule has 0 bridgehead atoms. The normalized spacial score (nSPS) is 15.1. The third-order valence-electron chi connectivity index (χ3n) is 5.68. The molecule has 2 aromatic carbocycles. The van der Waals surface area contributed by atoms with Gasteiger partial charge in [-0.05, 0) is 30.3 Å². The van der Waals surface area contributed by atoms with Crippen LogP contribution in [0, 0.1) is 0 Å². The molecule has 180 valence electrons. The van der Waals surface area contributed by atoms with Crippen LogP contribution in [0.2, 0.25) is 5.02 Å². The van der Waals surface area contributed by atoms with Crippen molar-refractivity contribution < 1.29 is 28.5 Å². The molecular weight excluding hydrogens is 462 g/mol. The highest BCUT2D eigenvalue weighted by molar-refractivity contribution is 6.35. The van der Waals surface area contributed by atoms with Gasteiger partial charge < -0.3 is 29.4 Å². The van der Waals surface area contributed by atoms with E-state index in [4.69, 9.17) is 41.0 Å². The predicted octanol–water partition coefficient (Wildman–Crippen LogP) is 3.42. The van der Waals surface area contributed by atoms with E-state index in [9.17, 15) is 4.79 Å². The van der Waals surface area contributed by atoms with Crippen molar-refractivity contribution in [3.63, 3.8) is 0 Å². The molecule has 1 aliphatic rings. The number of hydrogen-bond acceptors (Lipinski definition) is 9. The molecule has 1 aromatic heterocycles. The first-order valence-corrected chi connectivity index (χ1v) is 11.0. The maximum absolute atomic E-state index is 13.3. The zero-order valence-electron chi connectivity index (χ0n) is 19.2. The number of ether oxygens (including phenoxy) is 5. The van der Waals surface area contributed by atoms with Gasteiger partial charge in [-0.15, -0.1) is 0 Å². The third-order valence-corrected chi connectivity index (χ3v) is 5.99. The van der Waals surface area contributed by atoms with E-state index in [0.717, 1.165) is 0 Å². The highest BCUT2D eigenvalue weighted by atomic mass is 35.5. The van der Waals surface area contributed by atoms with Crippen LogP contribution in [-0.2, 0) is 4.74 Å². The second-order valence-corrected chi connectivity index (χ2v) is 7.98. The van der Waals surface area contributed by atoms with Crippen LogP contribution in [0.15, 0.2) is 36.5 Å². The van der Waals surface area contributed by atoms with Crippen LogP contribution in [0.3, 0.4) is 0 Å². The lowest BCUT2D eigenvalue weighted by Gasteiger charge is -2.33. The number of hydrogen-bond donors (Lipinski definition) is 1. The van der Waals surface area contributed by atoms with Gasteiger partial charge in [-0.1, -0.05) is 11.6 Å². The van der Waals surface area contributed by atoms with Gasteiger partial charge in [0.25, 0.3) is 0 Å². The van der Waals surface area contributed by atoms with Crippen molar-refractivity contribution in [3.8, 4) is 23.0 Å². The molecule has 0 amide bonds. The molecule has 2 heterocycles. The first kappa shape index (κ1) is 24.0. The molecule has 34 heavy (non-hydrogen) atoms. The molecule has 9 nitrogen and oxygen atoms in total. The average molecular weight is 488 g/mol. The van der Waals surface area contributed by atoms with E-state index >= 15 is 0 Å². The molecular formula is C24H26ClN3O6. The first-order chi connectivity index (χ1) is 16.5. The van der Waals surface area contributed by atoms with Gasteiger partial charge in [0, 0.05) is 30.2 Å². The Hall–Kier alpha value is -3.11. The van der Waals surface area contributed by atoms with Crippen LogP contribution >= 0.6 is 11.6 Å². The van der Waals surface area contributed by atoms with E-state index < -0.39 is 12.1 Å². The summed E-state index contributed by atoms with van der Waals surface area (Å²) in [4.78, 5) is 19.8. The summed E-state index contributed by atoms with van der Waals surface area (Å²) >= 11 is 6.56. The number of carbonyl (C=O) groups is 1. The Morgan fingerprint density at radius 1 is 1.09 bits per heavy atom. The fourth-order valence-corrected chi connectivity index (χ4v) is 4.20. The lowest BCUT2D eigenvalue weighted by atomic mass is 10.1. The standard InChI is InChI=1S/C24H26ClN3O6/c1-30-18-11-14(12-19(31-2)22(18)32-3)24(29)34-21-16(23(26)28-7-9-33-10-8-28)13-17(25)15-5-4-6-27-20(15)21/h4-6,11-13,23H,7-10,26H2,1-3H3. The quantitative estimate of drug-likeness (QED) is 0.396. The Morgan fingerprint density at radius 2 is 1.76 bits per heavy atom. The van der Waals surface area contributed by atoms with Gasteiger partial charge in [0.15, 0.2) is 17.2 Å². The summed E-state index contributed by atoms with van der Waals surface area (Å²) in [6, 6.07) is 8.35. The Bertz CT molecular complexity index is 1170. The van der Waals surface area contributed by atoms with Crippen LogP contribution in [-0.4, -0.2) is 63.5 Å². The molecule has 3 aromatic rings. The highest BCUT2D eigenvalue weighted by Gasteiger charge is 2.27. The van der Waals surface area contributed by atoms with Gasteiger partial charge in [0.2, 0.25) is 5.75 Å². The van der Waals surface area contributed by atoms with Crippen molar-refractivity contribution in [2.75, 3.05) is 47.6 Å². The van der Waals surface area contributed by atoms with E-state index in [0.29, 0.717) is 65.0 Å². The molecule has 0 aliphatic carbocycles. The SMILES string of the molecule is COc1cc(C(=O)Oc2c(C(N)N3CCOCC3)cc(Cl)c3cccnc23)cc(OC)c1OC. The average Bonchev–Trinajstić information content (AvgIpc) is 2.89. The number of nitrogens with two attached hydrogens (primary N) is 1. The summed E-state index contributed by atoms with van der Waals surface area (Å²) in [6.45, 7) is 2.40. The molecule has 0 radical (unpaired) electrons. The fraction of sp³-hybridized carbons (Fsp3) is 0.333. The minimum absolute atomic E-state index is 0.208. The number of esters is 1. The number of pyridine rings is 1. The Kier molecular flexibility index (Phi) is 7.38. The van der Waals surface area contributed by atoms with E-state index in [1.54, 1.807) is 18.3 Å². The largest absolute Gasteiger partial charge is 0.493 e. The fourth-order valence-electron chi connectivity index (χ4n) is 3.93. The van der Waals surface area contributed by atoms with E-state index in [-0.39, 0.29) is 11.3 Å². The van der Waals surface area contributed by atoms with Gasteiger partial charge in [-0.25, -0.2) is 4.79 Å². The maximum Gasteiger partial charge on any atom is 0.343 e. The lowest BCUT2D eigenvalue weighted by Crippen LogP contribution is -2.42. The molecule has 4 rings (SSSR count). The summed E-state index contributed by atoms with van der Waals surface area (Å²) in [6.07, 6.45) is 1.04. The first-order valence-electron chi connectivity index (χ1n) is 10.6. The van der Waals surface area contributed by atoms with Crippen LogP contribution in [0.5, 0.6) is 23.0 Å². The number of fused-ring (bicyclic) bond motifs is 1. The van der Waals surface area contributed by atoms with Crippen LogP contribution in [0.1, 0.15) is 22.1 Å². The van der Waals surface area contributed by atoms with Crippen molar-refractivity contribution >= 4 is 28.5 Å². The lowest BCUT2D eigenvalue weighted by molar-refractivity contribution is 0.0168. The molecule has 1 fully saturated rings. The maximum atomic E-state index is 13.3. The van der Waals surface area contributed by atoms with Crippen LogP contribution in [0.4, 0.5) is 0 Å². The zero-order chi connectivity index (χ0) is 24.2. The van der Waals surface area contributed by atoms with Gasteiger partial charge >= 0.3 is 5.97 Å². The minimum Gasteiger partial charge on any atom is -0.493 e. The molecule has 1 aliphatic heterocycles. The van der Waals surface area contributed by atoms with Gasteiger partial charge in [0.1, 0.15) is 5.52 Å². The number of methoxy groups -OCH3 is 3. The number of benzene rings is 2. The van der Waals surface area contributed by atoms with E-state index in [2.05, 4.69) is 4.98 Å². The number of carbonyl (C=O) groups excluding carboxylic acids is 1. The summed E-state index contributed by atoms with van der Waals surface area (Å²) in [5.41, 5.74) is 7.81. The molecule has 1 unspecified atom stereocenters. The molecule has 1 saturated heterocycles. The smallest absolute Gasteiger partial charge is 0.343 e. The molecule has 0 saturated carbocycles. The minimum atomic E-state index is -0.635. The number of nitrogens with zero attached hydrogens (tertiary/aromatic N) is 2. The Labute approximate surface area is 202 Å². The Balaban J connectivity index is 1.79. The number of rotatable bonds is 7. The van der Waals surface area contributed by atoms with Gasteiger partial charge in [-0.3, -0.25) is 9.88 Å². The monoisotopic (exact) mass is 487 g/mol. The van der Waals surface area contributed by atoms with E-state index in [1.807, 2.05) is 11.0 Å². The summed E-state index contributed by atoms with van der Waals surface area (Å²) in [7, 11) is 4.44. The second-order valence-electron chi connectivity index (χ2n) is 7.57. The summed E-state index contributed by atoms with van der Waals surface area (Å²) in [5, 5.41) is 1.11. The predicted molar refractivity (Wildman–Crippen MR) is 127 cm³/mol. The number of morpholine rings is 1. The molecule has 10 heteroatoms. The third kappa shape index (κ3) is 4.60. The zero-order valence-corrected chi connectivity index (χ0v) is 19.9. The topological polar surface area (TPSA) is 105 Å². The van der Waals surface area contributed by atoms with Crippen molar-refractivity contribution in [1.29, 1.82) is 0 Å². The molecule has 0 spiro atoms. The van der Waals surface area contributed by atoms with Crippen molar-refractivity contribution in [3.05, 3.63) is 52.7 Å². The summed E-state index contributed by atoms with van der Waals surface area (Å²) in [5.74, 6) is 0.646. The van der Waals surface area contributed by atoms with Crippen LogP contribution in [0.25, 0.3) is 10.9 Å². The summed E-state index contributed by atoms with van der Waals surface area (Å²) < 4.78 is 27.4. The molecule has 2 N–H and O–H groups in total. The second kappa shape index (κ2) is 10.4. The van der Waals surface area contributed by atoms with Crippen molar-refractivity contribution in [2.45, 2.75) is 6.17 Å². The molecule has 1 atom stereocenters.